The maximum absolute atomic E-state index is 13.2. The molecule has 1 heterocycles. The Morgan fingerprint density at radius 3 is 2.22 bits per heavy atom. The van der Waals surface area contributed by atoms with E-state index in [0.717, 1.165) is 16.1 Å². The van der Waals surface area contributed by atoms with Crippen molar-refractivity contribution < 1.29 is 19.1 Å². The molecule has 0 fully saturated rings. The van der Waals surface area contributed by atoms with Crippen LogP contribution in [-0.2, 0) is 25.5 Å². The van der Waals surface area contributed by atoms with Gasteiger partial charge in [0.1, 0.15) is 10.6 Å². The number of thioether (sulfide) groups is 1. The van der Waals surface area contributed by atoms with Gasteiger partial charge in [-0.2, -0.15) is 0 Å². The first kappa shape index (κ1) is 26.2. The molecule has 0 atom stereocenters. The first-order chi connectivity index (χ1) is 18.0. The van der Waals surface area contributed by atoms with Gasteiger partial charge in [0.2, 0.25) is 5.91 Å². The average molecular weight is 516 g/mol. The van der Waals surface area contributed by atoms with Gasteiger partial charge in [-0.1, -0.05) is 60.3 Å². The highest BCUT2D eigenvalue weighted by Crippen LogP contribution is 2.36. The summed E-state index contributed by atoms with van der Waals surface area (Å²) in [5, 5.41) is 6.05. The van der Waals surface area contributed by atoms with Crippen molar-refractivity contribution in [2.75, 3.05) is 30.9 Å². The zero-order valence-electron chi connectivity index (χ0n) is 20.6. The number of methoxy groups -OCH3 is 1. The minimum Gasteiger partial charge on any atom is -0.385 e. The molecule has 0 unspecified atom stereocenters. The standard InChI is InChI=1S/C29H29N3O4S/c1-36-20-8-19-32-28(34)26(31-22-11-6-3-7-12-22)27(29(32)35)37-24-16-14-23(15-17-24)30-25(33)18-13-21-9-4-2-5-10-21/h2-7,9-12,14-17,31H,8,13,18-20H2,1H3,(H,30,33). The lowest BCUT2D eigenvalue weighted by molar-refractivity contribution is -0.137. The minimum atomic E-state index is -0.352. The van der Waals surface area contributed by atoms with E-state index >= 15 is 0 Å². The number of rotatable bonds is 12. The van der Waals surface area contributed by atoms with Crippen LogP contribution in [0.25, 0.3) is 0 Å². The van der Waals surface area contributed by atoms with Crippen molar-refractivity contribution in [3.8, 4) is 0 Å². The van der Waals surface area contributed by atoms with Crippen LogP contribution in [0.1, 0.15) is 18.4 Å². The molecule has 1 aliphatic rings. The van der Waals surface area contributed by atoms with E-state index in [-0.39, 0.29) is 30.0 Å². The largest absolute Gasteiger partial charge is 0.385 e. The van der Waals surface area contributed by atoms with E-state index in [1.807, 2.05) is 72.8 Å². The van der Waals surface area contributed by atoms with Crippen LogP contribution in [0.2, 0.25) is 0 Å². The second-order valence-electron chi connectivity index (χ2n) is 8.46. The van der Waals surface area contributed by atoms with E-state index in [1.165, 1.54) is 16.7 Å². The maximum Gasteiger partial charge on any atom is 0.278 e. The molecule has 3 amide bonds. The van der Waals surface area contributed by atoms with Crippen LogP contribution in [-0.4, -0.2) is 42.9 Å². The van der Waals surface area contributed by atoms with E-state index in [1.54, 1.807) is 19.2 Å². The van der Waals surface area contributed by atoms with E-state index in [0.29, 0.717) is 36.5 Å². The third kappa shape index (κ3) is 7.09. The summed E-state index contributed by atoms with van der Waals surface area (Å²) in [4.78, 5) is 41.1. The molecule has 7 nitrogen and oxygen atoms in total. The second kappa shape index (κ2) is 12.9. The molecule has 1 aliphatic heterocycles. The summed E-state index contributed by atoms with van der Waals surface area (Å²) in [7, 11) is 1.59. The number of anilines is 2. The van der Waals surface area contributed by atoms with Gasteiger partial charge in [-0.15, -0.1) is 0 Å². The highest BCUT2D eigenvalue weighted by atomic mass is 32.2. The molecule has 2 N–H and O–H groups in total. The topological polar surface area (TPSA) is 87.7 Å². The third-order valence-corrected chi connectivity index (χ3v) is 6.83. The predicted molar refractivity (Wildman–Crippen MR) is 146 cm³/mol. The summed E-state index contributed by atoms with van der Waals surface area (Å²) >= 11 is 1.23. The van der Waals surface area contributed by atoms with Crippen molar-refractivity contribution >= 4 is 40.9 Å². The smallest absolute Gasteiger partial charge is 0.278 e. The van der Waals surface area contributed by atoms with Gasteiger partial charge >= 0.3 is 0 Å². The van der Waals surface area contributed by atoms with Gasteiger partial charge < -0.3 is 15.4 Å². The molecule has 0 radical (unpaired) electrons. The average Bonchev–Trinajstić information content (AvgIpc) is 3.13. The first-order valence-electron chi connectivity index (χ1n) is 12.1. The number of ether oxygens (including phenoxy) is 1. The van der Waals surface area contributed by atoms with Crippen molar-refractivity contribution in [3.63, 3.8) is 0 Å². The number of nitrogens with zero attached hydrogens (tertiary/aromatic N) is 1. The number of imide groups is 1. The van der Waals surface area contributed by atoms with E-state index in [9.17, 15) is 14.4 Å². The SMILES string of the molecule is COCCCN1C(=O)C(Nc2ccccc2)=C(Sc2ccc(NC(=O)CCc3ccccc3)cc2)C1=O. The number of carbonyl (C=O) groups excluding carboxylic acids is 3. The van der Waals surface area contributed by atoms with Crippen LogP contribution < -0.4 is 10.6 Å². The second-order valence-corrected chi connectivity index (χ2v) is 9.55. The molecule has 4 rings (SSSR count). The zero-order valence-corrected chi connectivity index (χ0v) is 21.4. The Morgan fingerprint density at radius 2 is 1.54 bits per heavy atom. The van der Waals surface area contributed by atoms with E-state index in [2.05, 4.69) is 10.6 Å². The molecule has 0 bridgehead atoms. The summed E-state index contributed by atoms with van der Waals surface area (Å²) in [5.74, 6) is -0.748. The summed E-state index contributed by atoms with van der Waals surface area (Å²) < 4.78 is 5.08. The van der Waals surface area contributed by atoms with Crippen LogP contribution in [0.15, 0.2) is 100 Å². The molecular weight excluding hydrogens is 486 g/mol. The molecule has 37 heavy (non-hydrogen) atoms. The molecule has 3 aromatic rings. The van der Waals surface area contributed by atoms with Gasteiger partial charge in [0, 0.05) is 43.0 Å². The van der Waals surface area contributed by atoms with Crippen LogP contribution in [0, 0.1) is 0 Å². The van der Waals surface area contributed by atoms with E-state index < -0.39 is 0 Å². The molecule has 0 saturated carbocycles. The number of aryl methyl sites for hydroxylation is 1. The normalized spacial score (nSPS) is 13.3. The summed E-state index contributed by atoms with van der Waals surface area (Å²) in [6.45, 7) is 0.739. The van der Waals surface area contributed by atoms with Gasteiger partial charge in [-0.25, -0.2) is 0 Å². The van der Waals surface area contributed by atoms with Gasteiger partial charge in [0.05, 0.1) is 0 Å². The highest BCUT2D eigenvalue weighted by Gasteiger charge is 2.38. The number of hydrogen-bond acceptors (Lipinski definition) is 6. The molecule has 3 aromatic carbocycles. The fraction of sp³-hybridized carbons (Fsp3) is 0.207. The highest BCUT2D eigenvalue weighted by molar-refractivity contribution is 8.04. The van der Waals surface area contributed by atoms with Crippen LogP contribution in [0.5, 0.6) is 0 Å². The molecule has 0 spiro atoms. The Morgan fingerprint density at radius 1 is 0.865 bits per heavy atom. The number of nitrogens with one attached hydrogen (secondary N) is 2. The molecule has 190 valence electrons. The van der Waals surface area contributed by atoms with Gasteiger partial charge in [0.25, 0.3) is 11.8 Å². The quantitative estimate of drug-likeness (QED) is 0.258. The van der Waals surface area contributed by atoms with Gasteiger partial charge in [-0.3, -0.25) is 19.3 Å². The Hall–Kier alpha value is -3.88. The van der Waals surface area contributed by atoms with Crippen molar-refractivity contribution in [1.82, 2.24) is 4.90 Å². The van der Waals surface area contributed by atoms with Gasteiger partial charge in [-0.05, 0) is 54.8 Å². The Kier molecular flexibility index (Phi) is 9.13. The molecule has 0 aromatic heterocycles. The number of carbonyl (C=O) groups is 3. The summed E-state index contributed by atoms with van der Waals surface area (Å²) in [6, 6.07) is 26.4. The Bertz CT molecular complexity index is 1260. The zero-order chi connectivity index (χ0) is 26.0. The number of hydrogen-bond donors (Lipinski definition) is 2. The van der Waals surface area contributed by atoms with Crippen LogP contribution >= 0.6 is 11.8 Å². The fourth-order valence-electron chi connectivity index (χ4n) is 3.84. The van der Waals surface area contributed by atoms with Crippen molar-refractivity contribution in [1.29, 1.82) is 0 Å². The maximum atomic E-state index is 13.2. The molecule has 8 heteroatoms. The van der Waals surface area contributed by atoms with Crippen molar-refractivity contribution in [3.05, 3.63) is 101 Å². The number of benzene rings is 3. The monoisotopic (exact) mass is 515 g/mol. The number of para-hydroxylation sites is 1. The lowest BCUT2D eigenvalue weighted by atomic mass is 10.1. The minimum absolute atomic E-state index is 0.0652. The van der Waals surface area contributed by atoms with Crippen LogP contribution in [0.4, 0.5) is 11.4 Å². The lowest BCUT2D eigenvalue weighted by Crippen LogP contribution is -2.33. The van der Waals surface area contributed by atoms with Gasteiger partial charge in [0.15, 0.2) is 0 Å². The summed E-state index contributed by atoms with van der Waals surface area (Å²) in [6.07, 6.45) is 1.61. The third-order valence-electron chi connectivity index (χ3n) is 5.74. The predicted octanol–water partition coefficient (Wildman–Crippen LogP) is 5.08. The Balaban J connectivity index is 1.44. The van der Waals surface area contributed by atoms with Crippen molar-refractivity contribution in [2.24, 2.45) is 0 Å². The summed E-state index contributed by atoms with van der Waals surface area (Å²) in [5.41, 5.74) is 2.78. The number of amides is 3. The fourth-order valence-corrected chi connectivity index (χ4v) is 4.79. The lowest BCUT2D eigenvalue weighted by Gasteiger charge is -2.14. The first-order valence-corrected chi connectivity index (χ1v) is 12.9. The Labute approximate surface area is 220 Å². The molecule has 0 saturated heterocycles. The van der Waals surface area contributed by atoms with E-state index in [4.69, 9.17) is 4.74 Å². The molecular formula is C29H29N3O4S. The van der Waals surface area contributed by atoms with Crippen LogP contribution in [0.3, 0.4) is 0 Å². The molecule has 0 aliphatic carbocycles. The van der Waals surface area contributed by atoms with Crippen molar-refractivity contribution in [2.45, 2.75) is 24.2 Å².